The molecule has 0 atom stereocenters. The SMILES string of the molecule is Nc1cc(-c2cccc(F)c2F)nc(C2CC2)n1. The molecule has 1 fully saturated rings. The van der Waals surface area contributed by atoms with Gasteiger partial charge >= 0.3 is 0 Å². The second-order valence-electron chi connectivity index (χ2n) is 4.41. The Balaban J connectivity index is 2.13. The van der Waals surface area contributed by atoms with Gasteiger partial charge in [0, 0.05) is 17.5 Å². The minimum atomic E-state index is -0.905. The van der Waals surface area contributed by atoms with E-state index in [1.165, 1.54) is 18.2 Å². The van der Waals surface area contributed by atoms with Crippen LogP contribution >= 0.6 is 0 Å². The molecule has 0 aliphatic heterocycles. The lowest BCUT2D eigenvalue weighted by molar-refractivity contribution is 0.511. The van der Waals surface area contributed by atoms with Gasteiger partial charge in [-0.25, -0.2) is 18.7 Å². The van der Waals surface area contributed by atoms with Crippen molar-refractivity contribution in [1.82, 2.24) is 9.97 Å². The van der Waals surface area contributed by atoms with Crippen LogP contribution in [0.1, 0.15) is 24.6 Å². The van der Waals surface area contributed by atoms with Crippen LogP contribution in [0.5, 0.6) is 0 Å². The number of nitrogen functional groups attached to an aromatic ring is 1. The molecule has 0 radical (unpaired) electrons. The van der Waals surface area contributed by atoms with Gasteiger partial charge in [-0.05, 0) is 25.0 Å². The van der Waals surface area contributed by atoms with Gasteiger partial charge in [-0.3, -0.25) is 0 Å². The zero-order valence-corrected chi connectivity index (χ0v) is 9.53. The molecule has 0 unspecified atom stereocenters. The Morgan fingerprint density at radius 2 is 1.94 bits per heavy atom. The van der Waals surface area contributed by atoms with E-state index < -0.39 is 11.6 Å². The van der Waals surface area contributed by atoms with Crippen molar-refractivity contribution in [2.75, 3.05) is 5.73 Å². The van der Waals surface area contributed by atoms with Crippen molar-refractivity contribution in [1.29, 1.82) is 0 Å². The van der Waals surface area contributed by atoms with Gasteiger partial charge in [0.2, 0.25) is 0 Å². The summed E-state index contributed by atoms with van der Waals surface area (Å²) in [6, 6.07) is 5.47. The minimum absolute atomic E-state index is 0.117. The lowest BCUT2D eigenvalue weighted by atomic mass is 10.1. The largest absolute Gasteiger partial charge is 0.384 e. The topological polar surface area (TPSA) is 51.8 Å². The molecule has 5 heteroatoms. The number of nitrogens with zero attached hydrogens (tertiary/aromatic N) is 2. The van der Waals surface area contributed by atoms with E-state index in [0.717, 1.165) is 18.9 Å². The van der Waals surface area contributed by atoms with Gasteiger partial charge in [-0.15, -0.1) is 0 Å². The number of rotatable bonds is 2. The van der Waals surface area contributed by atoms with Crippen molar-refractivity contribution >= 4 is 5.82 Å². The molecule has 1 aliphatic rings. The second-order valence-corrected chi connectivity index (χ2v) is 4.41. The van der Waals surface area contributed by atoms with E-state index in [4.69, 9.17) is 5.73 Å². The third-order valence-corrected chi connectivity index (χ3v) is 2.93. The highest BCUT2D eigenvalue weighted by atomic mass is 19.2. The standard InChI is InChI=1S/C13H11F2N3/c14-9-3-1-2-8(12(9)15)10-6-11(16)18-13(17-10)7-4-5-7/h1-3,6-7H,4-5H2,(H2,16,17,18). The summed E-state index contributed by atoms with van der Waals surface area (Å²) in [4.78, 5) is 8.39. The quantitative estimate of drug-likeness (QED) is 0.887. The number of hydrogen-bond donors (Lipinski definition) is 1. The van der Waals surface area contributed by atoms with E-state index in [9.17, 15) is 8.78 Å². The van der Waals surface area contributed by atoms with E-state index in [2.05, 4.69) is 9.97 Å². The number of halogens is 2. The highest BCUT2D eigenvalue weighted by molar-refractivity contribution is 5.62. The monoisotopic (exact) mass is 247 g/mol. The molecule has 3 nitrogen and oxygen atoms in total. The molecule has 1 aromatic heterocycles. The zero-order chi connectivity index (χ0) is 12.7. The Hall–Kier alpha value is -2.04. The summed E-state index contributed by atoms with van der Waals surface area (Å²) >= 11 is 0. The van der Waals surface area contributed by atoms with Crippen molar-refractivity contribution < 1.29 is 8.78 Å². The predicted molar refractivity (Wildman–Crippen MR) is 63.8 cm³/mol. The third-order valence-electron chi connectivity index (χ3n) is 2.93. The maximum Gasteiger partial charge on any atom is 0.168 e. The first kappa shape index (κ1) is 11.1. The lowest BCUT2D eigenvalue weighted by Crippen LogP contribution is -2.01. The van der Waals surface area contributed by atoms with Crippen molar-refractivity contribution in [2.24, 2.45) is 0 Å². The van der Waals surface area contributed by atoms with Gasteiger partial charge in [-0.2, -0.15) is 0 Å². The highest BCUT2D eigenvalue weighted by Crippen LogP contribution is 2.39. The van der Waals surface area contributed by atoms with Crippen molar-refractivity contribution in [3.8, 4) is 11.3 Å². The molecule has 1 aromatic carbocycles. The Bertz CT molecular complexity index is 609. The van der Waals surface area contributed by atoms with E-state index >= 15 is 0 Å². The Morgan fingerprint density at radius 3 is 2.67 bits per heavy atom. The second kappa shape index (κ2) is 4.01. The molecule has 18 heavy (non-hydrogen) atoms. The molecule has 2 aromatic rings. The van der Waals surface area contributed by atoms with Crippen LogP contribution in [0, 0.1) is 11.6 Å². The van der Waals surface area contributed by atoms with E-state index in [1.54, 1.807) is 0 Å². The average Bonchev–Trinajstić information content (AvgIpc) is 3.16. The van der Waals surface area contributed by atoms with Crippen LogP contribution < -0.4 is 5.73 Å². The van der Waals surface area contributed by atoms with Crippen molar-refractivity contribution in [2.45, 2.75) is 18.8 Å². The molecule has 2 N–H and O–H groups in total. The third kappa shape index (κ3) is 1.92. The summed E-state index contributed by atoms with van der Waals surface area (Å²) in [5.74, 6) is -0.585. The summed E-state index contributed by atoms with van der Waals surface area (Å²) in [5, 5.41) is 0. The predicted octanol–water partition coefficient (Wildman–Crippen LogP) is 2.88. The van der Waals surface area contributed by atoms with Crippen LogP contribution in [0.3, 0.4) is 0 Å². The number of aromatic nitrogens is 2. The van der Waals surface area contributed by atoms with Gasteiger partial charge in [-0.1, -0.05) is 6.07 Å². The summed E-state index contributed by atoms with van der Waals surface area (Å²) < 4.78 is 26.9. The van der Waals surface area contributed by atoms with Gasteiger partial charge < -0.3 is 5.73 Å². The van der Waals surface area contributed by atoms with E-state index in [1.807, 2.05) is 0 Å². The maximum atomic E-state index is 13.7. The fourth-order valence-corrected chi connectivity index (χ4v) is 1.85. The fourth-order valence-electron chi connectivity index (χ4n) is 1.85. The number of nitrogens with two attached hydrogens (primary N) is 1. The first-order valence-electron chi connectivity index (χ1n) is 5.74. The minimum Gasteiger partial charge on any atom is -0.384 e. The Kier molecular flexibility index (Phi) is 2.47. The van der Waals surface area contributed by atoms with E-state index in [0.29, 0.717) is 17.4 Å². The Labute approximate surface area is 103 Å². The average molecular weight is 247 g/mol. The van der Waals surface area contributed by atoms with Crippen LogP contribution in [0.15, 0.2) is 24.3 Å². The molecule has 3 rings (SSSR count). The fraction of sp³-hybridized carbons (Fsp3) is 0.231. The van der Waals surface area contributed by atoms with Gasteiger partial charge in [0.25, 0.3) is 0 Å². The van der Waals surface area contributed by atoms with E-state index in [-0.39, 0.29) is 11.4 Å². The van der Waals surface area contributed by atoms with Crippen LogP contribution in [0.4, 0.5) is 14.6 Å². The number of anilines is 1. The number of hydrogen-bond acceptors (Lipinski definition) is 3. The molecular formula is C13H11F2N3. The molecule has 92 valence electrons. The number of benzene rings is 1. The molecular weight excluding hydrogens is 236 g/mol. The van der Waals surface area contributed by atoms with Gasteiger partial charge in [0.15, 0.2) is 11.6 Å². The normalized spacial score (nSPS) is 14.8. The highest BCUT2D eigenvalue weighted by Gasteiger charge is 2.27. The first-order valence-corrected chi connectivity index (χ1v) is 5.74. The summed E-state index contributed by atoms with van der Waals surface area (Å²) in [6.45, 7) is 0. The van der Waals surface area contributed by atoms with Crippen LogP contribution in [-0.2, 0) is 0 Å². The smallest absolute Gasteiger partial charge is 0.168 e. The first-order chi connectivity index (χ1) is 8.65. The summed E-state index contributed by atoms with van der Waals surface area (Å²) in [6.07, 6.45) is 2.04. The van der Waals surface area contributed by atoms with Gasteiger partial charge in [0.1, 0.15) is 11.6 Å². The molecule has 0 amide bonds. The molecule has 1 saturated carbocycles. The summed E-state index contributed by atoms with van der Waals surface area (Å²) in [7, 11) is 0. The van der Waals surface area contributed by atoms with Gasteiger partial charge in [0.05, 0.1) is 5.69 Å². The van der Waals surface area contributed by atoms with Crippen molar-refractivity contribution in [3.05, 3.63) is 41.7 Å². The Morgan fingerprint density at radius 1 is 1.17 bits per heavy atom. The van der Waals surface area contributed by atoms with Crippen LogP contribution in [0.2, 0.25) is 0 Å². The van der Waals surface area contributed by atoms with Crippen LogP contribution in [-0.4, -0.2) is 9.97 Å². The van der Waals surface area contributed by atoms with Crippen molar-refractivity contribution in [3.63, 3.8) is 0 Å². The van der Waals surface area contributed by atoms with Crippen LogP contribution in [0.25, 0.3) is 11.3 Å². The molecule has 0 saturated heterocycles. The molecule has 0 spiro atoms. The summed E-state index contributed by atoms with van der Waals surface area (Å²) in [5.41, 5.74) is 6.13. The molecule has 1 aliphatic carbocycles. The molecule has 0 bridgehead atoms. The zero-order valence-electron chi connectivity index (χ0n) is 9.53. The maximum absolute atomic E-state index is 13.7. The lowest BCUT2D eigenvalue weighted by Gasteiger charge is -2.06. The molecule has 1 heterocycles.